The summed E-state index contributed by atoms with van der Waals surface area (Å²) in [6, 6.07) is 15.8. The first-order valence-corrected chi connectivity index (χ1v) is 12.4. The zero-order valence-electron chi connectivity index (χ0n) is 16.3. The van der Waals surface area contributed by atoms with Gasteiger partial charge in [0.25, 0.3) is 21.8 Å². The van der Waals surface area contributed by atoms with Crippen LogP contribution in [0.4, 0.5) is 16.5 Å². The topological polar surface area (TPSA) is 117 Å². The number of thiazole rings is 1. The number of thiophene rings is 1. The van der Waals surface area contributed by atoms with Gasteiger partial charge in [-0.25, -0.2) is 13.4 Å². The molecule has 0 atom stereocenters. The summed E-state index contributed by atoms with van der Waals surface area (Å²) in [6.07, 6.45) is 1.50. The van der Waals surface area contributed by atoms with E-state index in [1.54, 1.807) is 41.8 Å². The normalized spacial score (nSPS) is 11.0. The van der Waals surface area contributed by atoms with Gasteiger partial charge in [0.2, 0.25) is 0 Å². The van der Waals surface area contributed by atoms with Crippen molar-refractivity contribution < 1.29 is 18.0 Å². The van der Waals surface area contributed by atoms with Gasteiger partial charge in [0.1, 0.15) is 0 Å². The molecule has 2 heterocycles. The van der Waals surface area contributed by atoms with E-state index in [9.17, 15) is 18.0 Å². The van der Waals surface area contributed by atoms with E-state index >= 15 is 0 Å². The number of nitrogens with one attached hydrogen (secondary N) is 3. The molecule has 0 saturated carbocycles. The lowest BCUT2D eigenvalue weighted by atomic mass is 10.1. The Morgan fingerprint density at radius 3 is 2.28 bits per heavy atom. The largest absolute Gasteiger partial charge is 0.322 e. The molecular weight excluding hydrogens is 468 g/mol. The molecule has 11 heteroatoms. The maximum absolute atomic E-state index is 12.6. The van der Waals surface area contributed by atoms with Crippen LogP contribution < -0.4 is 15.4 Å². The van der Waals surface area contributed by atoms with Gasteiger partial charge in [-0.3, -0.25) is 14.3 Å². The molecule has 3 N–H and O–H groups in total. The highest BCUT2D eigenvalue weighted by Crippen LogP contribution is 2.20. The molecule has 0 radical (unpaired) electrons. The van der Waals surface area contributed by atoms with Gasteiger partial charge >= 0.3 is 0 Å². The molecule has 162 valence electrons. The first kappa shape index (κ1) is 21.7. The fourth-order valence-electron chi connectivity index (χ4n) is 2.71. The third-order valence-corrected chi connectivity index (χ3v) is 7.25. The zero-order chi connectivity index (χ0) is 22.6. The van der Waals surface area contributed by atoms with E-state index in [0.29, 0.717) is 21.8 Å². The van der Waals surface area contributed by atoms with Gasteiger partial charge in [-0.15, -0.1) is 22.7 Å². The van der Waals surface area contributed by atoms with Gasteiger partial charge in [0.05, 0.1) is 9.77 Å². The number of hydrogen-bond donors (Lipinski definition) is 3. The van der Waals surface area contributed by atoms with E-state index in [0.717, 1.165) is 0 Å². The lowest BCUT2D eigenvalue weighted by Gasteiger charge is -2.09. The zero-order valence-corrected chi connectivity index (χ0v) is 18.8. The molecule has 2 aromatic carbocycles. The molecule has 32 heavy (non-hydrogen) atoms. The first-order valence-electron chi connectivity index (χ1n) is 9.19. The van der Waals surface area contributed by atoms with Gasteiger partial charge in [0, 0.05) is 28.5 Å². The average Bonchev–Trinajstić information content (AvgIpc) is 3.48. The fourth-order valence-corrected chi connectivity index (χ4v) is 5.11. The summed E-state index contributed by atoms with van der Waals surface area (Å²) in [7, 11) is -3.77. The van der Waals surface area contributed by atoms with Gasteiger partial charge in [-0.1, -0.05) is 12.1 Å². The monoisotopic (exact) mass is 484 g/mol. The third kappa shape index (κ3) is 5.19. The van der Waals surface area contributed by atoms with Crippen molar-refractivity contribution in [3.63, 3.8) is 0 Å². The molecule has 0 unspecified atom stereocenters. The molecular formula is C21H16N4O4S3. The van der Waals surface area contributed by atoms with E-state index < -0.39 is 15.9 Å². The molecule has 0 aliphatic carbocycles. The van der Waals surface area contributed by atoms with Crippen molar-refractivity contribution in [1.82, 2.24) is 4.98 Å². The number of hydrogen-bond acceptors (Lipinski definition) is 7. The molecule has 0 saturated heterocycles. The average molecular weight is 485 g/mol. The van der Waals surface area contributed by atoms with E-state index in [4.69, 9.17) is 0 Å². The van der Waals surface area contributed by atoms with E-state index in [2.05, 4.69) is 20.3 Å². The Bertz CT molecular complexity index is 1330. The minimum absolute atomic E-state index is 0.0454. The number of rotatable bonds is 7. The van der Waals surface area contributed by atoms with Crippen molar-refractivity contribution in [3.05, 3.63) is 88.1 Å². The fraction of sp³-hybridized carbons (Fsp3) is 0. The van der Waals surface area contributed by atoms with E-state index in [1.807, 2.05) is 5.38 Å². The number of carbonyl (C=O) groups excluding carboxylic acids is 2. The summed E-state index contributed by atoms with van der Waals surface area (Å²) in [5.74, 6) is -0.644. The van der Waals surface area contributed by atoms with Crippen molar-refractivity contribution in [1.29, 1.82) is 0 Å². The van der Waals surface area contributed by atoms with Crippen LogP contribution in [-0.2, 0) is 10.0 Å². The molecule has 2 amide bonds. The SMILES string of the molecule is O=C(Nc1ccc(S(=O)(=O)Nc2nccs2)cc1)c1cccc(NC(=O)c2cccs2)c1. The summed E-state index contributed by atoms with van der Waals surface area (Å²) >= 11 is 2.50. The summed E-state index contributed by atoms with van der Waals surface area (Å²) in [4.78, 5) is 29.3. The highest BCUT2D eigenvalue weighted by molar-refractivity contribution is 7.93. The number of nitrogens with zero attached hydrogens (tertiary/aromatic N) is 1. The Morgan fingerprint density at radius 1 is 0.812 bits per heavy atom. The lowest BCUT2D eigenvalue weighted by Crippen LogP contribution is -2.15. The number of amides is 2. The maximum Gasteiger partial charge on any atom is 0.265 e. The standard InChI is InChI=1S/C21H16N4O4S3/c26-19(14-3-1-4-16(13-14)24-20(27)18-5-2-11-30-18)23-15-6-8-17(9-7-15)32(28,29)25-21-22-10-12-31-21/h1-13H,(H,22,25)(H,23,26)(H,24,27). The summed E-state index contributed by atoms with van der Waals surface area (Å²) < 4.78 is 27.2. The molecule has 0 spiro atoms. The number of benzene rings is 2. The van der Waals surface area contributed by atoms with Crippen LogP contribution in [0.2, 0.25) is 0 Å². The van der Waals surface area contributed by atoms with Gasteiger partial charge in [-0.2, -0.15) is 0 Å². The quantitative estimate of drug-likeness (QED) is 0.357. The third-order valence-electron chi connectivity index (χ3n) is 4.20. The summed E-state index contributed by atoms with van der Waals surface area (Å²) in [5.41, 5.74) is 1.26. The second-order valence-corrected chi connectivity index (χ2v) is 9.96. The molecule has 8 nitrogen and oxygen atoms in total. The van der Waals surface area contributed by atoms with Gasteiger partial charge < -0.3 is 10.6 Å². The predicted molar refractivity (Wildman–Crippen MR) is 126 cm³/mol. The smallest absolute Gasteiger partial charge is 0.265 e. The van der Waals surface area contributed by atoms with Gasteiger partial charge in [0.15, 0.2) is 5.13 Å². The minimum atomic E-state index is -3.77. The molecule has 4 rings (SSSR count). The Morgan fingerprint density at radius 2 is 1.59 bits per heavy atom. The van der Waals surface area contributed by atoms with E-state index in [-0.39, 0.29) is 15.9 Å². The summed E-state index contributed by atoms with van der Waals surface area (Å²) in [6.45, 7) is 0. The predicted octanol–water partition coefficient (Wildman–Crippen LogP) is 4.51. The van der Waals surface area contributed by atoms with Crippen LogP contribution in [0.3, 0.4) is 0 Å². The molecule has 2 aromatic heterocycles. The highest BCUT2D eigenvalue weighted by atomic mass is 32.2. The van der Waals surface area contributed by atoms with Crippen LogP contribution >= 0.6 is 22.7 Å². The molecule has 0 aliphatic heterocycles. The van der Waals surface area contributed by atoms with Crippen LogP contribution in [-0.4, -0.2) is 25.2 Å². The Labute approximate surface area is 192 Å². The molecule has 0 bridgehead atoms. The van der Waals surface area contributed by atoms with Gasteiger partial charge in [-0.05, 0) is 53.9 Å². The number of aromatic nitrogens is 1. The van der Waals surface area contributed by atoms with Crippen LogP contribution in [0.25, 0.3) is 0 Å². The Hall–Kier alpha value is -3.54. The molecule has 4 aromatic rings. The van der Waals surface area contributed by atoms with Crippen molar-refractivity contribution >= 4 is 61.0 Å². The minimum Gasteiger partial charge on any atom is -0.322 e. The number of sulfonamides is 1. The second-order valence-electron chi connectivity index (χ2n) is 6.43. The Kier molecular flexibility index (Phi) is 6.30. The van der Waals surface area contributed by atoms with Crippen LogP contribution in [0.5, 0.6) is 0 Å². The first-order chi connectivity index (χ1) is 15.4. The van der Waals surface area contributed by atoms with E-state index in [1.165, 1.54) is 53.1 Å². The van der Waals surface area contributed by atoms with Crippen molar-refractivity contribution in [2.75, 3.05) is 15.4 Å². The molecule has 0 fully saturated rings. The van der Waals surface area contributed by atoms with Crippen LogP contribution in [0.15, 0.2) is 82.5 Å². The lowest BCUT2D eigenvalue weighted by molar-refractivity contribution is 0.101. The Balaban J connectivity index is 1.42. The highest BCUT2D eigenvalue weighted by Gasteiger charge is 2.16. The summed E-state index contributed by atoms with van der Waals surface area (Å²) in [5, 5.41) is 9.22. The number of carbonyl (C=O) groups is 2. The van der Waals surface area contributed by atoms with Crippen LogP contribution in [0.1, 0.15) is 20.0 Å². The molecule has 0 aliphatic rings. The number of anilines is 3. The van der Waals surface area contributed by atoms with Crippen molar-refractivity contribution in [3.8, 4) is 0 Å². The maximum atomic E-state index is 12.6. The van der Waals surface area contributed by atoms with Crippen LogP contribution in [0, 0.1) is 0 Å². The second kappa shape index (κ2) is 9.30. The van der Waals surface area contributed by atoms with Crippen molar-refractivity contribution in [2.24, 2.45) is 0 Å². The van der Waals surface area contributed by atoms with Crippen molar-refractivity contribution in [2.45, 2.75) is 4.90 Å².